The molecule has 4 rings (SSSR count). The maximum absolute atomic E-state index is 13.2. The quantitative estimate of drug-likeness (QED) is 0.626. The second-order valence-electron chi connectivity index (χ2n) is 6.79. The topological polar surface area (TPSA) is 54.3 Å². The van der Waals surface area contributed by atoms with Crippen molar-refractivity contribution in [2.75, 3.05) is 31.1 Å². The molecule has 1 aromatic heterocycles. The number of anilines is 1. The molecule has 156 valence electrons. The Morgan fingerprint density at radius 3 is 2.23 bits per heavy atom. The van der Waals surface area contributed by atoms with Crippen LogP contribution in [0.25, 0.3) is 5.69 Å². The minimum atomic E-state index is -4.54. The first-order chi connectivity index (χ1) is 14.3. The van der Waals surface area contributed by atoms with E-state index in [0.717, 1.165) is 16.4 Å². The summed E-state index contributed by atoms with van der Waals surface area (Å²) in [4.78, 5) is 16.5. The third-order valence-corrected chi connectivity index (χ3v) is 5.25. The van der Waals surface area contributed by atoms with Gasteiger partial charge in [-0.05, 0) is 24.3 Å². The van der Waals surface area contributed by atoms with E-state index in [1.54, 1.807) is 4.90 Å². The summed E-state index contributed by atoms with van der Waals surface area (Å²) in [5.41, 5.74) is -0.124. The number of halogens is 4. The number of rotatable bonds is 3. The molecule has 0 radical (unpaired) electrons. The van der Waals surface area contributed by atoms with Gasteiger partial charge in [0.2, 0.25) is 0 Å². The van der Waals surface area contributed by atoms with Crippen LogP contribution in [0.3, 0.4) is 0 Å². The number of aromatic nitrogens is 3. The van der Waals surface area contributed by atoms with Crippen molar-refractivity contribution in [2.24, 2.45) is 0 Å². The smallest absolute Gasteiger partial charge is 0.367 e. The Kier molecular flexibility index (Phi) is 5.38. The highest BCUT2D eigenvalue weighted by Crippen LogP contribution is 2.33. The third kappa shape index (κ3) is 3.97. The van der Waals surface area contributed by atoms with E-state index < -0.39 is 11.7 Å². The number of para-hydroxylation sites is 2. The summed E-state index contributed by atoms with van der Waals surface area (Å²) in [6.45, 7) is 2.05. The van der Waals surface area contributed by atoms with Gasteiger partial charge in [-0.25, -0.2) is 4.68 Å². The first-order valence-electron chi connectivity index (χ1n) is 9.22. The van der Waals surface area contributed by atoms with Crippen LogP contribution in [0.4, 0.5) is 18.9 Å². The van der Waals surface area contributed by atoms with E-state index in [4.69, 9.17) is 11.6 Å². The predicted octanol–water partition coefficient (Wildman–Crippen LogP) is 3.90. The Morgan fingerprint density at radius 2 is 1.57 bits per heavy atom. The summed E-state index contributed by atoms with van der Waals surface area (Å²) >= 11 is 6.23. The molecule has 2 heterocycles. The van der Waals surface area contributed by atoms with Crippen molar-refractivity contribution in [3.63, 3.8) is 0 Å². The van der Waals surface area contributed by atoms with E-state index in [9.17, 15) is 18.0 Å². The molecule has 2 aromatic carbocycles. The minimum absolute atomic E-state index is 0.00169. The van der Waals surface area contributed by atoms with Gasteiger partial charge in [-0.2, -0.15) is 13.2 Å². The zero-order valence-electron chi connectivity index (χ0n) is 15.7. The maximum Gasteiger partial charge on any atom is 0.418 e. The second kappa shape index (κ2) is 7.98. The summed E-state index contributed by atoms with van der Waals surface area (Å²) in [7, 11) is 0. The normalized spacial score (nSPS) is 14.8. The molecule has 6 nitrogen and oxygen atoms in total. The van der Waals surface area contributed by atoms with Gasteiger partial charge in [0.25, 0.3) is 5.91 Å². The molecule has 0 N–H and O–H groups in total. The molecule has 1 aliphatic rings. The molecule has 0 bridgehead atoms. The number of alkyl halides is 3. The van der Waals surface area contributed by atoms with Gasteiger partial charge in [0, 0.05) is 26.2 Å². The fourth-order valence-electron chi connectivity index (χ4n) is 3.41. The van der Waals surface area contributed by atoms with Crippen molar-refractivity contribution in [3.05, 3.63) is 71.0 Å². The van der Waals surface area contributed by atoms with Crippen molar-refractivity contribution in [1.29, 1.82) is 0 Å². The molecule has 0 aliphatic carbocycles. The van der Waals surface area contributed by atoms with E-state index >= 15 is 0 Å². The number of benzene rings is 2. The van der Waals surface area contributed by atoms with E-state index in [1.807, 2.05) is 24.3 Å². The molecule has 30 heavy (non-hydrogen) atoms. The van der Waals surface area contributed by atoms with Crippen LogP contribution in [-0.2, 0) is 6.18 Å². The maximum atomic E-state index is 13.2. The van der Waals surface area contributed by atoms with Crippen molar-refractivity contribution in [1.82, 2.24) is 19.9 Å². The zero-order chi connectivity index (χ0) is 21.3. The summed E-state index contributed by atoms with van der Waals surface area (Å²) < 4.78 is 40.7. The van der Waals surface area contributed by atoms with Crippen LogP contribution in [0.1, 0.15) is 16.1 Å². The third-order valence-electron chi connectivity index (χ3n) is 4.93. The minimum Gasteiger partial charge on any atom is -0.367 e. The first kappa shape index (κ1) is 20.2. The highest BCUT2D eigenvalue weighted by Gasteiger charge is 2.34. The lowest BCUT2D eigenvalue weighted by Gasteiger charge is -2.36. The Bertz CT molecular complexity index is 1060. The summed E-state index contributed by atoms with van der Waals surface area (Å²) in [5, 5.41) is 8.19. The SMILES string of the molecule is O=C(c1cn(-c2ccccc2C(F)(F)F)nn1)N1CCN(c2ccccc2Cl)CC1. The lowest BCUT2D eigenvalue weighted by Crippen LogP contribution is -2.49. The van der Waals surface area contributed by atoms with Crippen molar-refractivity contribution in [2.45, 2.75) is 6.18 Å². The molecular weight excluding hydrogens is 419 g/mol. The van der Waals surface area contributed by atoms with Gasteiger partial charge in [0.15, 0.2) is 5.69 Å². The molecule has 1 saturated heterocycles. The molecule has 0 atom stereocenters. The Labute approximate surface area is 175 Å². The fourth-order valence-corrected chi connectivity index (χ4v) is 3.67. The van der Waals surface area contributed by atoms with Crippen LogP contribution in [-0.4, -0.2) is 52.0 Å². The Morgan fingerprint density at radius 1 is 0.933 bits per heavy atom. The number of hydrogen-bond acceptors (Lipinski definition) is 4. The average molecular weight is 436 g/mol. The lowest BCUT2D eigenvalue weighted by molar-refractivity contribution is -0.137. The summed E-state index contributed by atoms with van der Waals surface area (Å²) in [5.74, 6) is -0.371. The molecule has 3 aromatic rings. The highest BCUT2D eigenvalue weighted by molar-refractivity contribution is 6.33. The number of carbonyl (C=O) groups excluding carboxylic acids is 1. The molecule has 1 fully saturated rings. The summed E-state index contributed by atoms with van der Waals surface area (Å²) in [6, 6.07) is 12.5. The van der Waals surface area contributed by atoms with Gasteiger partial charge in [-0.3, -0.25) is 4.79 Å². The second-order valence-corrected chi connectivity index (χ2v) is 7.20. The number of piperazine rings is 1. The van der Waals surface area contributed by atoms with Gasteiger partial charge >= 0.3 is 6.18 Å². The van der Waals surface area contributed by atoms with Crippen LogP contribution < -0.4 is 4.90 Å². The van der Waals surface area contributed by atoms with E-state index in [0.29, 0.717) is 31.2 Å². The van der Waals surface area contributed by atoms with Crippen molar-refractivity contribution >= 4 is 23.2 Å². The standard InChI is InChI=1S/C20H17ClF3N5O/c21-15-6-2-4-8-18(15)27-9-11-28(12-10-27)19(30)16-13-29(26-25-16)17-7-3-1-5-14(17)20(22,23)24/h1-8,13H,9-12H2. The molecule has 1 amide bonds. The fraction of sp³-hybridized carbons (Fsp3) is 0.250. The molecular formula is C20H17ClF3N5O. The van der Waals surface area contributed by atoms with Crippen LogP contribution in [0.15, 0.2) is 54.7 Å². The number of hydrogen-bond donors (Lipinski definition) is 0. The number of amides is 1. The van der Waals surface area contributed by atoms with Crippen LogP contribution >= 0.6 is 11.6 Å². The molecule has 0 saturated carbocycles. The Hall–Kier alpha value is -3.07. The van der Waals surface area contributed by atoms with Gasteiger partial charge in [0.05, 0.1) is 28.2 Å². The average Bonchev–Trinajstić information content (AvgIpc) is 3.23. The van der Waals surface area contributed by atoms with E-state index in [2.05, 4.69) is 15.2 Å². The lowest BCUT2D eigenvalue weighted by atomic mass is 10.1. The largest absolute Gasteiger partial charge is 0.418 e. The van der Waals surface area contributed by atoms with Gasteiger partial charge in [-0.1, -0.05) is 41.1 Å². The first-order valence-corrected chi connectivity index (χ1v) is 9.60. The molecule has 0 spiro atoms. The zero-order valence-corrected chi connectivity index (χ0v) is 16.4. The van der Waals surface area contributed by atoms with Crippen LogP contribution in [0.5, 0.6) is 0 Å². The van der Waals surface area contributed by atoms with Crippen molar-refractivity contribution < 1.29 is 18.0 Å². The monoisotopic (exact) mass is 435 g/mol. The van der Waals surface area contributed by atoms with E-state index in [-0.39, 0.29) is 17.3 Å². The van der Waals surface area contributed by atoms with Gasteiger partial charge in [-0.15, -0.1) is 5.10 Å². The molecule has 1 aliphatic heterocycles. The van der Waals surface area contributed by atoms with Crippen LogP contribution in [0, 0.1) is 0 Å². The van der Waals surface area contributed by atoms with Gasteiger partial charge in [0.1, 0.15) is 0 Å². The number of nitrogens with zero attached hydrogens (tertiary/aromatic N) is 5. The predicted molar refractivity (Wildman–Crippen MR) is 106 cm³/mol. The highest BCUT2D eigenvalue weighted by atomic mass is 35.5. The summed E-state index contributed by atoms with van der Waals surface area (Å²) in [6.07, 6.45) is -3.31. The Balaban J connectivity index is 1.48. The number of carbonyl (C=O) groups is 1. The molecule has 0 unspecified atom stereocenters. The molecule has 10 heteroatoms. The van der Waals surface area contributed by atoms with Gasteiger partial charge < -0.3 is 9.80 Å². The van der Waals surface area contributed by atoms with Crippen molar-refractivity contribution in [3.8, 4) is 5.69 Å². The van der Waals surface area contributed by atoms with Crippen LogP contribution in [0.2, 0.25) is 5.02 Å². The van der Waals surface area contributed by atoms with E-state index in [1.165, 1.54) is 24.4 Å².